The van der Waals surface area contributed by atoms with Crippen molar-refractivity contribution in [2.45, 2.75) is 20.0 Å². The van der Waals surface area contributed by atoms with E-state index < -0.39 is 12.1 Å². The third-order valence-electron chi connectivity index (χ3n) is 2.56. The van der Waals surface area contributed by atoms with Crippen LogP contribution in [0.3, 0.4) is 0 Å². The summed E-state index contributed by atoms with van der Waals surface area (Å²) >= 11 is 0. The van der Waals surface area contributed by atoms with E-state index in [1.54, 1.807) is 38.4 Å². The van der Waals surface area contributed by atoms with Crippen molar-refractivity contribution >= 4 is 5.97 Å². The highest BCUT2D eigenvalue weighted by molar-refractivity contribution is 5.88. The van der Waals surface area contributed by atoms with Crippen LogP contribution in [0.4, 0.5) is 0 Å². The second-order valence-electron chi connectivity index (χ2n) is 4.01. The van der Waals surface area contributed by atoms with E-state index in [1.807, 2.05) is 0 Å². The number of rotatable bonds is 4. The number of esters is 1. The SMILES string of the molecule is CCOC(=O)c1cnn(-c2ccc([C@@H](C)O)nc2)c1. The van der Waals surface area contributed by atoms with Crippen LogP contribution in [0, 0.1) is 0 Å². The first kappa shape index (κ1) is 13.2. The van der Waals surface area contributed by atoms with Gasteiger partial charge in [-0.25, -0.2) is 9.48 Å². The molecule has 0 aliphatic carbocycles. The Morgan fingerprint density at radius 2 is 2.26 bits per heavy atom. The van der Waals surface area contributed by atoms with E-state index in [0.717, 1.165) is 0 Å². The molecule has 0 radical (unpaired) electrons. The molecule has 0 amide bonds. The van der Waals surface area contributed by atoms with Gasteiger partial charge in [0, 0.05) is 6.20 Å². The van der Waals surface area contributed by atoms with Crippen molar-refractivity contribution in [3.63, 3.8) is 0 Å². The Balaban J connectivity index is 2.20. The zero-order valence-corrected chi connectivity index (χ0v) is 10.8. The lowest BCUT2D eigenvalue weighted by Gasteiger charge is -2.05. The van der Waals surface area contributed by atoms with Crippen molar-refractivity contribution in [3.8, 4) is 5.69 Å². The third-order valence-corrected chi connectivity index (χ3v) is 2.56. The largest absolute Gasteiger partial charge is 0.462 e. The highest BCUT2D eigenvalue weighted by Gasteiger charge is 2.10. The van der Waals surface area contributed by atoms with Gasteiger partial charge in [0.15, 0.2) is 0 Å². The van der Waals surface area contributed by atoms with Crippen molar-refractivity contribution in [1.29, 1.82) is 0 Å². The molecule has 6 nitrogen and oxygen atoms in total. The average Bonchev–Trinajstić information content (AvgIpc) is 2.89. The average molecular weight is 261 g/mol. The lowest BCUT2D eigenvalue weighted by molar-refractivity contribution is 0.0526. The molecule has 2 aromatic heterocycles. The van der Waals surface area contributed by atoms with E-state index in [9.17, 15) is 9.90 Å². The zero-order valence-electron chi connectivity index (χ0n) is 10.8. The molecule has 1 atom stereocenters. The summed E-state index contributed by atoms with van der Waals surface area (Å²) in [6, 6.07) is 3.49. The second-order valence-corrected chi connectivity index (χ2v) is 4.01. The van der Waals surface area contributed by atoms with Crippen molar-refractivity contribution in [1.82, 2.24) is 14.8 Å². The molecule has 2 rings (SSSR count). The predicted molar refractivity (Wildman–Crippen MR) is 67.9 cm³/mol. The summed E-state index contributed by atoms with van der Waals surface area (Å²) in [7, 11) is 0. The molecule has 0 bridgehead atoms. The summed E-state index contributed by atoms with van der Waals surface area (Å²) in [6.07, 6.45) is 4.00. The minimum atomic E-state index is -0.609. The van der Waals surface area contributed by atoms with Gasteiger partial charge in [0.1, 0.15) is 0 Å². The van der Waals surface area contributed by atoms with Crippen LogP contribution >= 0.6 is 0 Å². The maximum atomic E-state index is 11.5. The van der Waals surface area contributed by atoms with E-state index in [2.05, 4.69) is 10.1 Å². The molecule has 0 aliphatic heterocycles. The van der Waals surface area contributed by atoms with Gasteiger partial charge in [0.25, 0.3) is 0 Å². The molecule has 6 heteroatoms. The molecule has 0 unspecified atom stereocenters. The standard InChI is InChI=1S/C13H15N3O3/c1-3-19-13(18)10-6-15-16(8-10)11-4-5-12(9(2)17)14-7-11/h4-9,17H,3H2,1-2H3/t9-/m1/s1. The Kier molecular flexibility index (Phi) is 3.91. The van der Waals surface area contributed by atoms with E-state index in [0.29, 0.717) is 23.6 Å². The lowest BCUT2D eigenvalue weighted by Crippen LogP contribution is -2.03. The van der Waals surface area contributed by atoms with Crippen LogP contribution in [-0.2, 0) is 4.74 Å². The van der Waals surface area contributed by atoms with E-state index in [-0.39, 0.29) is 0 Å². The number of hydrogen-bond acceptors (Lipinski definition) is 5. The van der Waals surface area contributed by atoms with Gasteiger partial charge in [-0.2, -0.15) is 5.10 Å². The summed E-state index contributed by atoms with van der Waals surface area (Å²) < 4.78 is 6.42. The van der Waals surface area contributed by atoms with Crippen LogP contribution in [0.15, 0.2) is 30.7 Å². The van der Waals surface area contributed by atoms with Crippen LogP contribution in [0.2, 0.25) is 0 Å². The summed E-state index contributed by atoms with van der Waals surface area (Å²) in [5.41, 5.74) is 1.68. The molecule has 100 valence electrons. The van der Waals surface area contributed by atoms with Gasteiger partial charge in [-0.05, 0) is 26.0 Å². The molecule has 0 saturated carbocycles. The van der Waals surface area contributed by atoms with Crippen LogP contribution in [0.5, 0.6) is 0 Å². The van der Waals surface area contributed by atoms with Gasteiger partial charge >= 0.3 is 5.97 Å². The Labute approximate surface area is 110 Å². The molecule has 0 saturated heterocycles. The number of pyridine rings is 1. The topological polar surface area (TPSA) is 77.2 Å². The first-order valence-electron chi connectivity index (χ1n) is 5.98. The number of aromatic nitrogens is 3. The molecule has 2 aromatic rings. The summed E-state index contributed by atoms with van der Waals surface area (Å²) in [6.45, 7) is 3.73. The highest BCUT2D eigenvalue weighted by Crippen LogP contribution is 2.12. The molecule has 0 spiro atoms. The fourth-order valence-electron chi connectivity index (χ4n) is 1.56. The number of carbonyl (C=O) groups is 1. The summed E-state index contributed by atoms with van der Waals surface area (Å²) in [5, 5.41) is 13.5. The van der Waals surface area contributed by atoms with Crippen LogP contribution in [0.25, 0.3) is 5.69 Å². The summed E-state index contributed by atoms with van der Waals surface area (Å²) in [5.74, 6) is -0.401. The normalized spacial score (nSPS) is 12.2. The Morgan fingerprint density at radius 1 is 1.47 bits per heavy atom. The van der Waals surface area contributed by atoms with Gasteiger partial charge in [-0.15, -0.1) is 0 Å². The van der Waals surface area contributed by atoms with Crippen molar-refractivity contribution < 1.29 is 14.6 Å². The number of carbonyl (C=O) groups excluding carboxylic acids is 1. The maximum absolute atomic E-state index is 11.5. The Bertz CT molecular complexity index is 561. The maximum Gasteiger partial charge on any atom is 0.341 e. The number of hydrogen-bond donors (Lipinski definition) is 1. The number of aliphatic hydroxyl groups is 1. The monoisotopic (exact) mass is 261 g/mol. The fraction of sp³-hybridized carbons (Fsp3) is 0.308. The summed E-state index contributed by atoms with van der Waals surface area (Å²) in [4.78, 5) is 15.6. The Hall–Kier alpha value is -2.21. The van der Waals surface area contributed by atoms with Gasteiger partial charge in [0.05, 0.1) is 42.0 Å². The zero-order chi connectivity index (χ0) is 13.8. The number of nitrogens with zero attached hydrogens (tertiary/aromatic N) is 3. The van der Waals surface area contributed by atoms with Crippen LogP contribution < -0.4 is 0 Å². The van der Waals surface area contributed by atoms with E-state index in [4.69, 9.17) is 4.74 Å². The Morgan fingerprint density at radius 3 is 2.84 bits per heavy atom. The van der Waals surface area contributed by atoms with Crippen molar-refractivity contribution in [2.24, 2.45) is 0 Å². The third kappa shape index (κ3) is 2.97. The molecular formula is C13H15N3O3. The quantitative estimate of drug-likeness (QED) is 0.844. The first-order valence-corrected chi connectivity index (χ1v) is 5.98. The minimum Gasteiger partial charge on any atom is -0.462 e. The van der Waals surface area contributed by atoms with E-state index >= 15 is 0 Å². The second kappa shape index (κ2) is 5.62. The highest BCUT2D eigenvalue weighted by atomic mass is 16.5. The first-order chi connectivity index (χ1) is 9.11. The molecule has 0 aromatic carbocycles. The smallest absolute Gasteiger partial charge is 0.341 e. The van der Waals surface area contributed by atoms with Gasteiger partial charge in [-0.3, -0.25) is 4.98 Å². The number of ether oxygens (including phenoxy) is 1. The van der Waals surface area contributed by atoms with Gasteiger partial charge in [-0.1, -0.05) is 0 Å². The van der Waals surface area contributed by atoms with Crippen LogP contribution in [0.1, 0.15) is 36.0 Å². The molecule has 19 heavy (non-hydrogen) atoms. The van der Waals surface area contributed by atoms with Crippen molar-refractivity contribution in [3.05, 3.63) is 42.0 Å². The number of aliphatic hydroxyl groups excluding tert-OH is 1. The molecule has 0 fully saturated rings. The van der Waals surface area contributed by atoms with Gasteiger partial charge in [0.2, 0.25) is 0 Å². The fourth-order valence-corrected chi connectivity index (χ4v) is 1.56. The molecule has 0 aliphatic rings. The van der Waals surface area contributed by atoms with E-state index in [1.165, 1.54) is 10.9 Å². The van der Waals surface area contributed by atoms with Crippen molar-refractivity contribution in [2.75, 3.05) is 6.61 Å². The predicted octanol–water partition coefficient (Wildman–Crippen LogP) is 1.50. The molecule has 1 N–H and O–H groups in total. The van der Waals surface area contributed by atoms with Crippen LogP contribution in [-0.4, -0.2) is 32.4 Å². The molecule has 2 heterocycles. The lowest BCUT2D eigenvalue weighted by atomic mass is 10.2. The minimum absolute atomic E-state index is 0.328. The van der Waals surface area contributed by atoms with Gasteiger partial charge < -0.3 is 9.84 Å². The molecular weight excluding hydrogens is 246 g/mol.